The molecule has 0 atom stereocenters. The zero-order chi connectivity index (χ0) is 17.4. The topological polar surface area (TPSA) is 50.7 Å². The quantitative estimate of drug-likeness (QED) is 0.465. The summed E-state index contributed by atoms with van der Waals surface area (Å²) in [6, 6.07) is 11.3. The number of rotatable bonds is 7. The van der Waals surface area contributed by atoms with E-state index in [1.54, 1.807) is 24.3 Å². The molecule has 4 nitrogen and oxygen atoms in total. The van der Waals surface area contributed by atoms with Gasteiger partial charge in [-0.3, -0.25) is 4.79 Å². The van der Waals surface area contributed by atoms with Gasteiger partial charge in [-0.2, -0.15) is 5.10 Å². The number of amides is 1. The third-order valence-corrected chi connectivity index (χ3v) is 3.43. The van der Waals surface area contributed by atoms with Crippen molar-refractivity contribution in [2.45, 2.75) is 19.8 Å². The Labute approximate surface area is 145 Å². The molecule has 0 radical (unpaired) electrons. The van der Waals surface area contributed by atoms with E-state index in [1.165, 1.54) is 18.3 Å². The van der Waals surface area contributed by atoms with Gasteiger partial charge in [0, 0.05) is 11.4 Å². The molecule has 1 N–H and O–H groups in total. The minimum Gasteiger partial charge on any atom is -0.493 e. The van der Waals surface area contributed by atoms with E-state index in [9.17, 15) is 9.18 Å². The largest absolute Gasteiger partial charge is 0.493 e. The molecule has 0 fully saturated rings. The molecule has 126 valence electrons. The van der Waals surface area contributed by atoms with Gasteiger partial charge in [0.2, 0.25) is 5.91 Å². The molecule has 6 heteroatoms. The van der Waals surface area contributed by atoms with Crippen LogP contribution in [0.4, 0.5) is 4.39 Å². The van der Waals surface area contributed by atoms with Crippen LogP contribution < -0.4 is 10.2 Å². The maximum Gasteiger partial charge on any atom is 0.240 e. The summed E-state index contributed by atoms with van der Waals surface area (Å²) in [5.74, 6) is 0.183. The Morgan fingerprint density at radius 3 is 2.92 bits per heavy atom. The molecule has 0 heterocycles. The number of nitrogens with one attached hydrogen (secondary N) is 1. The molecule has 0 aliphatic carbocycles. The SMILES string of the molecule is Cc1cc(Cl)ccc1OCCCC(=O)NN=Cc1cccc(F)c1. The van der Waals surface area contributed by atoms with Crippen molar-refractivity contribution < 1.29 is 13.9 Å². The highest BCUT2D eigenvalue weighted by atomic mass is 35.5. The fourth-order valence-electron chi connectivity index (χ4n) is 2.01. The third-order valence-electron chi connectivity index (χ3n) is 3.19. The smallest absolute Gasteiger partial charge is 0.240 e. The second-order valence-corrected chi connectivity index (χ2v) is 5.65. The lowest BCUT2D eigenvalue weighted by Crippen LogP contribution is -2.18. The second-order valence-electron chi connectivity index (χ2n) is 5.21. The first-order valence-corrected chi connectivity index (χ1v) is 7.89. The van der Waals surface area contributed by atoms with Crippen LogP contribution in [0.5, 0.6) is 5.75 Å². The standard InChI is InChI=1S/C18H18ClFN2O2/c1-13-10-15(19)7-8-17(13)24-9-3-6-18(23)22-21-12-14-4-2-5-16(20)11-14/h2,4-5,7-8,10-12H,3,6,9H2,1H3,(H,22,23). The lowest BCUT2D eigenvalue weighted by Gasteiger charge is -2.08. The first-order chi connectivity index (χ1) is 11.5. The number of carbonyl (C=O) groups excluding carboxylic acids is 1. The maximum atomic E-state index is 13.0. The fourth-order valence-corrected chi connectivity index (χ4v) is 2.24. The van der Waals surface area contributed by atoms with Crippen LogP contribution >= 0.6 is 11.6 Å². The molecule has 2 aromatic carbocycles. The number of hydrogen-bond acceptors (Lipinski definition) is 3. The third kappa shape index (κ3) is 6.01. The number of ether oxygens (including phenoxy) is 1. The average Bonchev–Trinajstić information content (AvgIpc) is 2.53. The summed E-state index contributed by atoms with van der Waals surface area (Å²) in [4.78, 5) is 11.7. The Morgan fingerprint density at radius 1 is 1.33 bits per heavy atom. The van der Waals surface area contributed by atoms with E-state index in [2.05, 4.69) is 10.5 Å². The molecule has 0 aliphatic heterocycles. The van der Waals surface area contributed by atoms with Gasteiger partial charge >= 0.3 is 0 Å². The van der Waals surface area contributed by atoms with Gasteiger partial charge in [-0.05, 0) is 54.8 Å². The molecule has 0 aromatic heterocycles. The summed E-state index contributed by atoms with van der Waals surface area (Å²) in [5, 5.41) is 4.46. The van der Waals surface area contributed by atoms with E-state index < -0.39 is 0 Å². The summed E-state index contributed by atoms with van der Waals surface area (Å²) in [6.07, 6.45) is 2.24. The van der Waals surface area contributed by atoms with Crippen LogP contribution in [0.1, 0.15) is 24.0 Å². The number of carbonyl (C=O) groups is 1. The minimum absolute atomic E-state index is 0.223. The minimum atomic E-state index is -0.347. The van der Waals surface area contributed by atoms with Crippen molar-refractivity contribution >= 4 is 23.7 Å². The summed E-state index contributed by atoms with van der Waals surface area (Å²) < 4.78 is 18.6. The molecule has 0 spiro atoms. The van der Waals surface area contributed by atoms with Crippen molar-refractivity contribution in [3.8, 4) is 5.75 Å². The Hall–Kier alpha value is -2.40. The monoisotopic (exact) mass is 348 g/mol. The van der Waals surface area contributed by atoms with Crippen molar-refractivity contribution in [1.82, 2.24) is 5.43 Å². The maximum absolute atomic E-state index is 13.0. The predicted molar refractivity (Wildman–Crippen MR) is 93.1 cm³/mol. The number of benzene rings is 2. The Kier molecular flexibility index (Phi) is 6.75. The predicted octanol–water partition coefficient (Wildman–Crippen LogP) is 4.10. The molecule has 24 heavy (non-hydrogen) atoms. The number of hydrazone groups is 1. The zero-order valence-corrected chi connectivity index (χ0v) is 14.0. The van der Waals surface area contributed by atoms with Crippen molar-refractivity contribution in [2.24, 2.45) is 5.10 Å². The van der Waals surface area contributed by atoms with Crippen molar-refractivity contribution in [2.75, 3.05) is 6.61 Å². The highest BCUT2D eigenvalue weighted by Gasteiger charge is 2.03. The van der Waals surface area contributed by atoms with Crippen molar-refractivity contribution in [3.63, 3.8) is 0 Å². The van der Waals surface area contributed by atoms with Gasteiger partial charge in [-0.1, -0.05) is 23.7 Å². The van der Waals surface area contributed by atoms with Crippen LogP contribution in [0.3, 0.4) is 0 Å². The average molecular weight is 349 g/mol. The molecule has 0 aliphatic rings. The van der Waals surface area contributed by atoms with E-state index >= 15 is 0 Å². The van der Waals surface area contributed by atoms with E-state index in [0.717, 1.165) is 11.3 Å². The van der Waals surface area contributed by atoms with Crippen LogP contribution in [0.25, 0.3) is 0 Å². The highest BCUT2D eigenvalue weighted by molar-refractivity contribution is 6.30. The van der Waals surface area contributed by atoms with Gasteiger partial charge in [0.05, 0.1) is 12.8 Å². The molecule has 2 aromatic rings. The molecule has 0 saturated carbocycles. The molecule has 0 bridgehead atoms. The normalized spacial score (nSPS) is 10.8. The van der Waals surface area contributed by atoms with Crippen LogP contribution in [0.15, 0.2) is 47.6 Å². The van der Waals surface area contributed by atoms with E-state index in [-0.39, 0.29) is 18.1 Å². The second kappa shape index (κ2) is 9.03. The van der Waals surface area contributed by atoms with Crippen LogP contribution in [0, 0.1) is 12.7 Å². The summed E-state index contributed by atoms with van der Waals surface area (Å²) in [6.45, 7) is 2.33. The molecular weight excluding hydrogens is 331 g/mol. The number of nitrogens with zero attached hydrogens (tertiary/aromatic N) is 1. The fraction of sp³-hybridized carbons (Fsp3) is 0.222. The Morgan fingerprint density at radius 2 is 2.17 bits per heavy atom. The zero-order valence-electron chi connectivity index (χ0n) is 13.3. The van der Waals surface area contributed by atoms with Gasteiger partial charge in [-0.25, -0.2) is 9.82 Å². The van der Waals surface area contributed by atoms with Gasteiger partial charge in [0.1, 0.15) is 11.6 Å². The van der Waals surface area contributed by atoms with Gasteiger partial charge < -0.3 is 4.74 Å². The van der Waals surface area contributed by atoms with E-state index in [4.69, 9.17) is 16.3 Å². The van der Waals surface area contributed by atoms with E-state index in [1.807, 2.05) is 13.0 Å². The summed E-state index contributed by atoms with van der Waals surface area (Å²) in [5.41, 5.74) is 3.93. The number of hydrogen-bond donors (Lipinski definition) is 1. The molecular formula is C18H18ClFN2O2. The number of halogens is 2. The van der Waals surface area contributed by atoms with E-state index in [0.29, 0.717) is 23.6 Å². The van der Waals surface area contributed by atoms with Crippen LogP contribution in [-0.4, -0.2) is 18.7 Å². The molecule has 2 rings (SSSR count). The van der Waals surface area contributed by atoms with Crippen LogP contribution in [-0.2, 0) is 4.79 Å². The molecule has 1 amide bonds. The van der Waals surface area contributed by atoms with Crippen LogP contribution in [0.2, 0.25) is 5.02 Å². The summed E-state index contributed by atoms with van der Waals surface area (Å²) >= 11 is 5.88. The van der Waals surface area contributed by atoms with Gasteiger partial charge in [0.15, 0.2) is 0 Å². The first kappa shape index (κ1) is 17.9. The van der Waals surface area contributed by atoms with Crippen molar-refractivity contribution in [3.05, 3.63) is 64.4 Å². The summed E-state index contributed by atoms with van der Waals surface area (Å²) in [7, 11) is 0. The molecule has 0 unspecified atom stereocenters. The Balaban J connectivity index is 1.68. The first-order valence-electron chi connectivity index (χ1n) is 7.51. The highest BCUT2D eigenvalue weighted by Crippen LogP contribution is 2.21. The van der Waals surface area contributed by atoms with Gasteiger partial charge in [-0.15, -0.1) is 0 Å². The molecule has 0 saturated heterocycles. The Bertz CT molecular complexity index is 735. The number of aryl methyl sites for hydroxylation is 1. The lowest BCUT2D eigenvalue weighted by molar-refractivity contribution is -0.121. The van der Waals surface area contributed by atoms with Gasteiger partial charge in [0.25, 0.3) is 0 Å². The lowest BCUT2D eigenvalue weighted by atomic mass is 10.2. The van der Waals surface area contributed by atoms with Crippen molar-refractivity contribution in [1.29, 1.82) is 0 Å².